The lowest BCUT2D eigenvalue weighted by atomic mass is 10.0. The van der Waals surface area contributed by atoms with Gasteiger partial charge in [-0.15, -0.1) is 0 Å². The summed E-state index contributed by atoms with van der Waals surface area (Å²) in [5.41, 5.74) is 1.81. The van der Waals surface area contributed by atoms with Crippen LogP contribution in [0, 0.1) is 0 Å². The Hall–Kier alpha value is -1.90. The molecule has 3 heteroatoms. The van der Waals surface area contributed by atoms with Crippen molar-refractivity contribution in [2.45, 2.75) is 26.2 Å². The van der Waals surface area contributed by atoms with Crippen molar-refractivity contribution in [1.82, 2.24) is 0 Å². The molecular formula is C14H16O3. The van der Waals surface area contributed by atoms with Gasteiger partial charge in [0.15, 0.2) is 0 Å². The molecule has 1 aromatic rings. The van der Waals surface area contributed by atoms with E-state index in [1.165, 1.54) is 0 Å². The fourth-order valence-electron chi connectivity index (χ4n) is 1.48. The van der Waals surface area contributed by atoms with Gasteiger partial charge in [-0.1, -0.05) is 37.6 Å². The highest BCUT2D eigenvalue weighted by atomic mass is 16.4. The minimum atomic E-state index is -0.877. The molecule has 1 rings (SSSR count). The van der Waals surface area contributed by atoms with E-state index in [2.05, 4.69) is 0 Å². The lowest BCUT2D eigenvalue weighted by molar-refractivity contribution is -0.132. The Morgan fingerprint density at radius 2 is 1.82 bits per heavy atom. The summed E-state index contributed by atoms with van der Waals surface area (Å²) in [7, 11) is 0. The standard InChI is InChI=1S/C14H16O3/c1-2-3-4-13(14(16)17)9-11-5-7-12(10-15)8-6-11/h5-10H,2-4H2,1H3,(H,16,17). The molecule has 0 aromatic heterocycles. The van der Waals surface area contributed by atoms with Crippen molar-refractivity contribution in [2.75, 3.05) is 0 Å². The van der Waals surface area contributed by atoms with Crippen LogP contribution in [0.25, 0.3) is 6.08 Å². The van der Waals surface area contributed by atoms with Gasteiger partial charge in [0.1, 0.15) is 6.29 Å². The highest BCUT2D eigenvalue weighted by Gasteiger charge is 2.06. The number of hydrogen-bond acceptors (Lipinski definition) is 2. The second kappa shape index (κ2) is 6.63. The molecule has 0 unspecified atom stereocenters. The Bertz CT molecular complexity index is 416. The van der Waals surface area contributed by atoms with Gasteiger partial charge in [-0.3, -0.25) is 4.79 Å². The predicted octanol–water partition coefficient (Wildman–Crippen LogP) is 3.16. The molecule has 1 aromatic carbocycles. The number of carbonyl (C=O) groups excluding carboxylic acids is 1. The second-order valence-corrected chi connectivity index (χ2v) is 3.86. The smallest absolute Gasteiger partial charge is 0.331 e. The molecule has 0 aliphatic carbocycles. The highest BCUT2D eigenvalue weighted by molar-refractivity contribution is 5.92. The van der Waals surface area contributed by atoms with E-state index in [-0.39, 0.29) is 0 Å². The maximum Gasteiger partial charge on any atom is 0.331 e. The number of benzene rings is 1. The normalized spacial score (nSPS) is 11.2. The van der Waals surface area contributed by atoms with Crippen LogP contribution in [0.2, 0.25) is 0 Å². The lowest BCUT2D eigenvalue weighted by Crippen LogP contribution is -2.00. The first-order valence-electron chi connectivity index (χ1n) is 5.66. The van der Waals surface area contributed by atoms with E-state index in [0.717, 1.165) is 24.7 Å². The molecule has 0 saturated carbocycles. The fraction of sp³-hybridized carbons (Fsp3) is 0.286. The third kappa shape index (κ3) is 4.23. The number of carboxylic acids is 1. The Labute approximate surface area is 101 Å². The third-order valence-electron chi connectivity index (χ3n) is 2.49. The maximum atomic E-state index is 11.0. The van der Waals surface area contributed by atoms with Crippen LogP contribution in [0.1, 0.15) is 42.1 Å². The Kier molecular flexibility index (Phi) is 5.14. The predicted molar refractivity (Wildman–Crippen MR) is 67.0 cm³/mol. The van der Waals surface area contributed by atoms with Crippen molar-refractivity contribution >= 4 is 18.3 Å². The molecule has 0 aliphatic heterocycles. The van der Waals surface area contributed by atoms with Crippen molar-refractivity contribution in [2.24, 2.45) is 0 Å². The van der Waals surface area contributed by atoms with Gasteiger partial charge in [-0.25, -0.2) is 4.79 Å². The van der Waals surface area contributed by atoms with E-state index in [9.17, 15) is 9.59 Å². The molecule has 0 aliphatic rings. The average molecular weight is 232 g/mol. The number of rotatable bonds is 6. The summed E-state index contributed by atoms with van der Waals surface area (Å²) in [6.45, 7) is 2.03. The van der Waals surface area contributed by atoms with Crippen molar-refractivity contribution in [3.05, 3.63) is 41.0 Å². The minimum absolute atomic E-state index is 0.408. The van der Waals surface area contributed by atoms with E-state index in [4.69, 9.17) is 5.11 Å². The first-order valence-corrected chi connectivity index (χ1v) is 5.66. The molecule has 0 bridgehead atoms. The zero-order valence-electron chi connectivity index (χ0n) is 9.85. The number of aliphatic carboxylic acids is 1. The Balaban J connectivity index is 2.87. The molecule has 17 heavy (non-hydrogen) atoms. The van der Waals surface area contributed by atoms with Gasteiger partial charge in [0.2, 0.25) is 0 Å². The molecular weight excluding hydrogens is 216 g/mol. The van der Waals surface area contributed by atoms with Crippen molar-refractivity contribution < 1.29 is 14.7 Å². The van der Waals surface area contributed by atoms with Crippen LogP contribution in [0.4, 0.5) is 0 Å². The minimum Gasteiger partial charge on any atom is -0.478 e. The van der Waals surface area contributed by atoms with Gasteiger partial charge >= 0.3 is 5.97 Å². The molecule has 0 amide bonds. The summed E-state index contributed by atoms with van der Waals surface area (Å²) >= 11 is 0. The van der Waals surface area contributed by atoms with Gasteiger partial charge in [0.25, 0.3) is 0 Å². The van der Waals surface area contributed by atoms with Crippen LogP contribution in [0.15, 0.2) is 29.8 Å². The SMILES string of the molecule is CCCCC(=Cc1ccc(C=O)cc1)C(=O)O. The van der Waals surface area contributed by atoms with Gasteiger partial charge < -0.3 is 5.11 Å². The van der Waals surface area contributed by atoms with Crippen molar-refractivity contribution in [3.8, 4) is 0 Å². The second-order valence-electron chi connectivity index (χ2n) is 3.86. The van der Waals surface area contributed by atoms with Gasteiger partial charge in [-0.05, 0) is 24.5 Å². The summed E-state index contributed by atoms with van der Waals surface area (Å²) in [6, 6.07) is 6.85. The number of carbonyl (C=O) groups is 2. The molecule has 0 fully saturated rings. The van der Waals surface area contributed by atoms with E-state index in [1.807, 2.05) is 6.92 Å². The number of unbranched alkanes of at least 4 members (excludes halogenated alkanes) is 1. The van der Waals surface area contributed by atoms with E-state index < -0.39 is 5.97 Å². The number of hydrogen-bond donors (Lipinski definition) is 1. The van der Waals surface area contributed by atoms with Crippen molar-refractivity contribution in [1.29, 1.82) is 0 Å². The Morgan fingerprint density at radius 3 is 2.29 bits per heavy atom. The average Bonchev–Trinajstić information content (AvgIpc) is 2.35. The molecule has 0 radical (unpaired) electrons. The molecule has 0 atom stereocenters. The van der Waals surface area contributed by atoms with Crippen molar-refractivity contribution in [3.63, 3.8) is 0 Å². The topological polar surface area (TPSA) is 54.4 Å². The molecule has 90 valence electrons. The van der Waals surface area contributed by atoms with Crippen LogP contribution in [-0.2, 0) is 4.79 Å². The van der Waals surface area contributed by atoms with Gasteiger partial charge in [-0.2, -0.15) is 0 Å². The summed E-state index contributed by atoms with van der Waals surface area (Å²) in [5, 5.41) is 9.04. The summed E-state index contributed by atoms with van der Waals surface area (Å²) in [5.74, 6) is -0.877. The van der Waals surface area contributed by atoms with E-state index in [1.54, 1.807) is 30.3 Å². The fourth-order valence-corrected chi connectivity index (χ4v) is 1.48. The molecule has 3 nitrogen and oxygen atoms in total. The largest absolute Gasteiger partial charge is 0.478 e. The zero-order chi connectivity index (χ0) is 12.7. The number of aldehydes is 1. The van der Waals surface area contributed by atoms with Gasteiger partial charge in [0.05, 0.1) is 0 Å². The zero-order valence-corrected chi connectivity index (χ0v) is 9.85. The highest BCUT2D eigenvalue weighted by Crippen LogP contribution is 2.13. The molecule has 0 saturated heterocycles. The van der Waals surface area contributed by atoms with E-state index in [0.29, 0.717) is 17.6 Å². The van der Waals surface area contributed by atoms with Crippen LogP contribution >= 0.6 is 0 Å². The molecule has 0 spiro atoms. The maximum absolute atomic E-state index is 11.0. The monoisotopic (exact) mass is 232 g/mol. The Morgan fingerprint density at radius 1 is 1.24 bits per heavy atom. The van der Waals surface area contributed by atoms with Crippen LogP contribution < -0.4 is 0 Å². The quantitative estimate of drug-likeness (QED) is 0.605. The van der Waals surface area contributed by atoms with Crippen LogP contribution in [0.5, 0.6) is 0 Å². The lowest BCUT2D eigenvalue weighted by Gasteiger charge is -2.01. The summed E-state index contributed by atoms with van der Waals surface area (Å²) in [4.78, 5) is 21.5. The van der Waals surface area contributed by atoms with Gasteiger partial charge in [0, 0.05) is 11.1 Å². The first-order chi connectivity index (χ1) is 8.17. The first kappa shape index (κ1) is 13.2. The number of carboxylic acid groups (broad SMARTS) is 1. The van der Waals surface area contributed by atoms with Crippen LogP contribution in [-0.4, -0.2) is 17.4 Å². The van der Waals surface area contributed by atoms with E-state index >= 15 is 0 Å². The molecule has 0 heterocycles. The summed E-state index contributed by atoms with van der Waals surface area (Å²) in [6.07, 6.45) is 4.83. The third-order valence-corrected chi connectivity index (χ3v) is 2.49. The molecule has 1 N–H and O–H groups in total. The summed E-state index contributed by atoms with van der Waals surface area (Å²) < 4.78 is 0. The van der Waals surface area contributed by atoms with Crippen LogP contribution in [0.3, 0.4) is 0 Å².